The number of hydrogen-bond acceptors (Lipinski definition) is 6. The average Bonchev–Trinajstić information content (AvgIpc) is 3.47. The van der Waals surface area contributed by atoms with Crippen molar-refractivity contribution in [2.45, 2.75) is 97.1 Å². The highest BCUT2D eigenvalue weighted by Gasteiger charge is 2.50. The van der Waals surface area contributed by atoms with Crippen LogP contribution in [0.1, 0.15) is 95.5 Å². The fourth-order valence-corrected chi connectivity index (χ4v) is 11.8. The number of nitrogens with two attached hydrogens (primary N) is 1. The van der Waals surface area contributed by atoms with E-state index < -0.39 is 0 Å². The molecule has 8 aliphatic rings. The van der Waals surface area contributed by atoms with Crippen LogP contribution < -0.4 is 11.3 Å². The third kappa shape index (κ3) is 7.16. The van der Waals surface area contributed by atoms with E-state index in [1.807, 2.05) is 17.2 Å². The van der Waals surface area contributed by atoms with E-state index in [2.05, 4.69) is 95.1 Å². The number of carbonyl (C=O) groups is 1. The first-order valence-corrected chi connectivity index (χ1v) is 19.6. The molecule has 0 spiro atoms. The molecule has 0 atom stereocenters. The highest BCUT2D eigenvalue weighted by atomic mass is 32.2. The summed E-state index contributed by atoms with van der Waals surface area (Å²) in [7, 11) is 0. The molecule has 11 rings (SSSR count). The Hall–Kier alpha value is -2.97. The van der Waals surface area contributed by atoms with Gasteiger partial charge in [0.25, 0.3) is 0 Å². The van der Waals surface area contributed by atoms with Gasteiger partial charge < -0.3 is 4.57 Å². The molecule has 2 aromatic carbocycles. The number of nitrogens with zero attached hydrogens (tertiary/aromatic N) is 4. The molecule has 8 saturated carbocycles. The van der Waals surface area contributed by atoms with Crippen LogP contribution in [0.4, 0.5) is 0 Å². The molecule has 0 radical (unpaired) electrons. The number of aromatic nitrogens is 3. The number of nitrogens with one attached hydrogen (secondary N) is 1. The molecule has 7 nitrogen and oxygen atoms in total. The van der Waals surface area contributed by atoms with Gasteiger partial charge in [-0.05, 0) is 124 Å². The highest BCUT2D eigenvalue weighted by molar-refractivity contribution is 8.14. The molecule has 1 heterocycles. The summed E-state index contributed by atoms with van der Waals surface area (Å²) < 4.78 is 2.49. The molecule has 0 unspecified atom stereocenters. The smallest absolute Gasteiger partial charge is 0.230 e. The zero-order valence-corrected chi connectivity index (χ0v) is 29.8. The van der Waals surface area contributed by atoms with E-state index in [1.54, 1.807) is 0 Å². The van der Waals surface area contributed by atoms with Crippen molar-refractivity contribution in [3.63, 3.8) is 0 Å². The van der Waals surface area contributed by atoms with Crippen molar-refractivity contribution in [2.75, 3.05) is 5.75 Å². The number of amides is 1. The minimum Gasteiger partial charge on any atom is -0.308 e. The summed E-state index contributed by atoms with van der Waals surface area (Å²) >= 11 is 1.92. The van der Waals surface area contributed by atoms with Crippen LogP contribution in [0.15, 0.2) is 65.7 Å². The maximum absolute atomic E-state index is 9.58. The largest absolute Gasteiger partial charge is 0.308 e. The standard InChI is InChI=1S/C19H23N3.C19H25NS.C2H6N2O/c1-12-20-21-19(15-5-3-2-4-6-15)22(12)18-16-8-13-7-14(10-16)11-17(18)9-13;1-2-21-19(15-6-4-3-5-7-15)20-18-16-9-13-8-14(11-16)12-17(18)10-13;1-2(5)4-3/h2-6,13-14,16-18H,7-11H2,1H3;3-7,13-14,16-18H,2,8-12H2,1H3;3H2,1H3,(H,4,5). The van der Waals surface area contributed by atoms with Crippen molar-refractivity contribution < 1.29 is 4.79 Å². The number of carbonyl (C=O) groups excluding carboxylic acids is 1. The van der Waals surface area contributed by atoms with Gasteiger partial charge in [0.2, 0.25) is 5.91 Å². The Morgan fingerprint density at radius 3 is 1.75 bits per heavy atom. The first kappa shape index (κ1) is 33.5. The summed E-state index contributed by atoms with van der Waals surface area (Å²) in [5.74, 6) is 15.2. The summed E-state index contributed by atoms with van der Waals surface area (Å²) in [4.78, 5) is 14.9. The fraction of sp³-hybridized carbons (Fsp3) is 0.600. The minimum absolute atomic E-state index is 0.218. The van der Waals surface area contributed by atoms with Crippen molar-refractivity contribution in [2.24, 2.45) is 58.2 Å². The average molecular weight is 667 g/mol. The Balaban J connectivity index is 0.000000134. The summed E-state index contributed by atoms with van der Waals surface area (Å²) in [5.41, 5.74) is 4.41. The highest BCUT2D eigenvalue weighted by Crippen LogP contribution is 2.59. The Labute approximate surface area is 291 Å². The van der Waals surface area contributed by atoms with E-state index in [-0.39, 0.29) is 5.91 Å². The van der Waals surface area contributed by atoms with Gasteiger partial charge in [-0.1, -0.05) is 67.6 Å². The van der Waals surface area contributed by atoms with E-state index >= 15 is 0 Å². The van der Waals surface area contributed by atoms with Crippen LogP contribution in [0.2, 0.25) is 0 Å². The summed E-state index contributed by atoms with van der Waals surface area (Å²) in [6.07, 6.45) is 14.6. The zero-order chi connectivity index (χ0) is 33.2. The van der Waals surface area contributed by atoms with Crippen molar-refractivity contribution in [1.82, 2.24) is 20.2 Å². The number of benzene rings is 2. The molecule has 0 aliphatic heterocycles. The van der Waals surface area contributed by atoms with Crippen LogP contribution in [0.25, 0.3) is 11.4 Å². The van der Waals surface area contributed by atoms with Gasteiger partial charge in [0.1, 0.15) is 5.82 Å². The number of thioether (sulfide) groups is 1. The zero-order valence-electron chi connectivity index (χ0n) is 29.0. The predicted octanol–water partition coefficient (Wildman–Crippen LogP) is 8.26. The van der Waals surface area contributed by atoms with Crippen LogP contribution >= 0.6 is 11.8 Å². The van der Waals surface area contributed by atoms with Crippen molar-refractivity contribution in [3.8, 4) is 11.4 Å². The molecular weight excluding hydrogens is 613 g/mol. The van der Waals surface area contributed by atoms with Gasteiger partial charge in [-0.15, -0.1) is 22.0 Å². The van der Waals surface area contributed by atoms with Gasteiger partial charge in [0.05, 0.1) is 11.1 Å². The van der Waals surface area contributed by atoms with Crippen molar-refractivity contribution in [3.05, 3.63) is 72.1 Å². The van der Waals surface area contributed by atoms with E-state index in [0.29, 0.717) is 12.1 Å². The van der Waals surface area contributed by atoms with Crippen LogP contribution in [0, 0.1) is 54.3 Å². The number of hydrazine groups is 1. The van der Waals surface area contributed by atoms with Crippen LogP contribution in [0.3, 0.4) is 0 Å². The second kappa shape index (κ2) is 14.9. The fourth-order valence-electron chi connectivity index (χ4n) is 11.0. The molecule has 0 saturated heterocycles. The van der Waals surface area contributed by atoms with Gasteiger partial charge in [0.15, 0.2) is 5.82 Å². The lowest BCUT2D eigenvalue weighted by Gasteiger charge is -2.55. The molecule has 48 heavy (non-hydrogen) atoms. The first-order chi connectivity index (χ1) is 23.4. The topological polar surface area (TPSA) is 98.2 Å². The summed E-state index contributed by atoms with van der Waals surface area (Å²) in [5, 5.41) is 10.3. The Morgan fingerprint density at radius 1 is 0.792 bits per heavy atom. The van der Waals surface area contributed by atoms with Gasteiger partial charge in [-0.2, -0.15) is 0 Å². The first-order valence-electron chi connectivity index (χ1n) is 18.6. The van der Waals surface area contributed by atoms with Crippen molar-refractivity contribution >= 4 is 22.7 Å². The molecular formula is C40H54N6OS. The third-order valence-corrected chi connectivity index (χ3v) is 13.2. The quantitative estimate of drug-likeness (QED) is 0.0940. The van der Waals surface area contributed by atoms with Crippen molar-refractivity contribution in [1.29, 1.82) is 0 Å². The Kier molecular flexibility index (Phi) is 10.4. The molecule has 1 amide bonds. The third-order valence-electron chi connectivity index (χ3n) is 12.3. The second-order valence-corrected chi connectivity index (χ2v) is 16.8. The Morgan fingerprint density at radius 2 is 1.27 bits per heavy atom. The molecule has 1 aromatic heterocycles. The molecule has 8 fully saturated rings. The lowest BCUT2D eigenvalue weighted by molar-refractivity contribution is -0.119. The molecule has 8 bridgehead atoms. The molecule has 8 aliphatic carbocycles. The lowest BCUT2D eigenvalue weighted by Crippen LogP contribution is -2.47. The van der Waals surface area contributed by atoms with Gasteiger partial charge in [-0.25, -0.2) is 5.84 Å². The normalized spacial score (nSPS) is 33.8. The molecule has 3 aromatic rings. The SMILES string of the molecule is CC(=O)NN.CCSC(=NC1C2CC3CC(C2)CC1C3)c1ccccc1.Cc1nnc(-c2ccccc2)n1C1C2CC3CC(C2)CC1C3. The molecule has 3 N–H and O–H groups in total. The van der Waals surface area contributed by atoms with E-state index in [1.165, 1.54) is 87.3 Å². The number of aliphatic imine (C=N–C) groups is 1. The van der Waals surface area contributed by atoms with Gasteiger partial charge in [-0.3, -0.25) is 15.2 Å². The van der Waals surface area contributed by atoms with E-state index in [4.69, 9.17) is 4.99 Å². The van der Waals surface area contributed by atoms with Crippen LogP contribution in [0.5, 0.6) is 0 Å². The minimum atomic E-state index is -0.218. The maximum atomic E-state index is 9.58. The molecule has 8 heteroatoms. The van der Waals surface area contributed by atoms with E-state index in [0.717, 1.165) is 64.7 Å². The van der Waals surface area contributed by atoms with Gasteiger partial charge in [0, 0.05) is 24.1 Å². The lowest BCUT2D eigenvalue weighted by atomic mass is 9.54. The summed E-state index contributed by atoms with van der Waals surface area (Å²) in [6.45, 7) is 5.71. The molecule has 256 valence electrons. The monoisotopic (exact) mass is 666 g/mol. The number of hydrogen-bond donors (Lipinski definition) is 2. The number of rotatable bonds is 5. The van der Waals surface area contributed by atoms with Crippen LogP contribution in [-0.2, 0) is 4.79 Å². The Bertz CT molecular complexity index is 1500. The maximum Gasteiger partial charge on any atom is 0.230 e. The summed E-state index contributed by atoms with van der Waals surface area (Å²) in [6, 6.07) is 22.7. The predicted molar refractivity (Wildman–Crippen MR) is 196 cm³/mol. The second-order valence-electron chi connectivity index (χ2n) is 15.6. The van der Waals surface area contributed by atoms with Crippen LogP contribution in [-0.4, -0.2) is 37.5 Å². The van der Waals surface area contributed by atoms with Gasteiger partial charge >= 0.3 is 0 Å². The van der Waals surface area contributed by atoms with E-state index in [9.17, 15) is 4.79 Å². The number of aryl methyl sites for hydroxylation is 1.